The number of nitrogens with zero attached hydrogens (tertiary/aromatic N) is 1. The summed E-state index contributed by atoms with van der Waals surface area (Å²) >= 11 is 1.54. The Morgan fingerprint density at radius 3 is 2.93 bits per heavy atom. The Kier molecular flexibility index (Phi) is 4.25. The standard InChI is InChI=1S/C9H12N2O2S/c10-7-3-4-8(11-6-7)14-5-1-2-9(12)13/h3-4,6H,1-2,5,10H2,(H,12,13). The fraction of sp³-hybridized carbons (Fsp3) is 0.333. The van der Waals surface area contributed by atoms with E-state index in [0.717, 1.165) is 10.8 Å². The van der Waals surface area contributed by atoms with E-state index < -0.39 is 5.97 Å². The molecule has 0 bridgehead atoms. The van der Waals surface area contributed by atoms with Crippen LogP contribution in [-0.4, -0.2) is 21.8 Å². The Balaban J connectivity index is 2.25. The number of carbonyl (C=O) groups is 1. The molecule has 0 spiro atoms. The smallest absolute Gasteiger partial charge is 0.303 e. The van der Waals surface area contributed by atoms with Crippen LogP contribution in [0.3, 0.4) is 0 Å². The zero-order valence-corrected chi connectivity index (χ0v) is 8.46. The number of pyridine rings is 1. The number of rotatable bonds is 5. The van der Waals surface area contributed by atoms with Crippen molar-refractivity contribution in [3.8, 4) is 0 Å². The number of thioether (sulfide) groups is 1. The van der Waals surface area contributed by atoms with E-state index in [2.05, 4.69) is 4.98 Å². The number of carboxylic acids is 1. The van der Waals surface area contributed by atoms with Crippen molar-refractivity contribution in [3.05, 3.63) is 18.3 Å². The van der Waals surface area contributed by atoms with Gasteiger partial charge in [0.05, 0.1) is 16.9 Å². The maximum atomic E-state index is 10.2. The summed E-state index contributed by atoms with van der Waals surface area (Å²) in [6, 6.07) is 3.62. The van der Waals surface area contributed by atoms with Gasteiger partial charge in [-0.1, -0.05) is 0 Å². The van der Waals surface area contributed by atoms with E-state index >= 15 is 0 Å². The lowest BCUT2D eigenvalue weighted by Crippen LogP contribution is -1.95. The topological polar surface area (TPSA) is 76.2 Å². The molecule has 1 heterocycles. The third-order valence-corrected chi connectivity index (χ3v) is 2.57. The SMILES string of the molecule is Nc1ccc(SCCCC(=O)O)nc1. The van der Waals surface area contributed by atoms with Crippen molar-refractivity contribution in [2.45, 2.75) is 17.9 Å². The minimum Gasteiger partial charge on any atom is -0.481 e. The van der Waals surface area contributed by atoms with Crippen LogP contribution >= 0.6 is 11.8 Å². The summed E-state index contributed by atoms with van der Waals surface area (Å²) in [5, 5.41) is 9.28. The van der Waals surface area contributed by atoms with Gasteiger partial charge in [0.2, 0.25) is 0 Å². The molecule has 0 aromatic carbocycles. The molecule has 0 saturated carbocycles. The number of nitrogen functional groups attached to an aromatic ring is 1. The molecular weight excluding hydrogens is 200 g/mol. The highest BCUT2D eigenvalue weighted by molar-refractivity contribution is 7.99. The van der Waals surface area contributed by atoms with E-state index in [0.29, 0.717) is 12.1 Å². The fourth-order valence-electron chi connectivity index (χ4n) is 0.877. The molecule has 0 saturated heterocycles. The Morgan fingerprint density at radius 2 is 2.36 bits per heavy atom. The van der Waals surface area contributed by atoms with E-state index in [-0.39, 0.29) is 6.42 Å². The van der Waals surface area contributed by atoms with E-state index in [9.17, 15) is 4.79 Å². The van der Waals surface area contributed by atoms with E-state index in [1.807, 2.05) is 6.07 Å². The van der Waals surface area contributed by atoms with Crippen molar-refractivity contribution >= 4 is 23.4 Å². The van der Waals surface area contributed by atoms with Crippen molar-refractivity contribution in [2.24, 2.45) is 0 Å². The molecule has 0 radical (unpaired) electrons. The Labute approximate surface area is 86.5 Å². The minimum atomic E-state index is -0.754. The summed E-state index contributed by atoms with van der Waals surface area (Å²) < 4.78 is 0. The third-order valence-electron chi connectivity index (χ3n) is 1.54. The molecule has 1 aromatic rings. The van der Waals surface area contributed by atoms with Gasteiger partial charge in [-0.05, 0) is 18.6 Å². The van der Waals surface area contributed by atoms with Crippen LogP contribution in [-0.2, 0) is 4.79 Å². The number of nitrogens with two attached hydrogens (primary N) is 1. The van der Waals surface area contributed by atoms with Crippen LogP contribution < -0.4 is 5.73 Å². The lowest BCUT2D eigenvalue weighted by atomic mass is 10.3. The summed E-state index contributed by atoms with van der Waals surface area (Å²) in [5.74, 6) is 0.0133. The molecule has 0 atom stereocenters. The van der Waals surface area contributed by atoms with Crippen LogP contribution in [0.15, 0.2) is 23.4 Å². The Morgan fingerprint density at radius 1 is 1.57 bits per heavy atom. The number of aromatic nitrogens is 1. The van der Waals surface area contributed by atoms with Gasteiger partial charge in [-0.25, -0.2) is 4.98 Å². The average Bonchev–Trinajstić information content (AvgIpc) is 2.15. The summed E-state index contributed by atoms with van der Waals surface area (Å²) in [5.41, 5.74) is 6.11. The van der Waals surface area contributed by atoms with Crippen LogP contribution in [0.4, 0.5) is 5.69 Å². The van der Waals surface area contributed by atoms with Gasteiger partial charge in [-0.3, -0.25) is 4.79 Å². The highest BCUT2D eigenvalue weighted by Crippen LogP contribution is 2.17. The maximum Gasteiger partial charge on any atom is 0.303 e. The van der Waals surface area contributed by atoms with Crippen molar-refractivity contribution in [1.29, 1.82) is 0 Å². The van der Waals surface area contributed by atoms with Gasteiger partial charge >= 0.3 is 5.97 Å². The van der Waals surface area contributed by atoms with Gasteiger partial charge in [0.15, 0.2) is 0 Å². The summed E-state index contributed by atoms with van der Waals surface area (Å²) in [7, 11) is 0. The number of carboxylic acid groups (broad SMARTS) is 1. The lowest BCUT2D eigenvalue weighted by molar-refractivity contribution is -0.137. The molecule has 0 aliphatic heterocycles. The average molecular weight is 212 g/mol. The van der Waals surface area contributed by atoms with Crippen LogP contribution in [0.25, 0.3) is 0 Å². The molecule has 1 aromatic heterocycles. The molecule has 0 unspecified atom stereocenters. The highest BCUT2D eigenvalue weighted by Gasteiger charge is 1.98. The first-order chi connectivity index (χ1) is 6.68. The fourth-order valence-corrected chi connectivity index (χ4v) is 1.67. The van der Waals surface area contributed by atoms with E-state index in [1.165, 1.54) is 0 Å². The van der Waals surface area contributed by atoms with Crippen LogP contribution in [0.2, 0.25) is 0 Å². The molecule has 5 heteroatoms. The number of aliphatic carboxylic acids is 1. The Hall–Kier alpha value is -1.23. The van der Waals surface area contributed by atoms with Crippen molar-refractivity contribution in [1.82, 2.24) is 4.98 Å². The second-order valence-electron chi connectivity index (χ2n) is 2.78. The quantitative estimate of drug-likeness (QED) is 0.573. The van der Waals surface area contributed by atoms with E-state index in [4.69, 9.17) is 10.8 Å². The molecule has 3 N–H and O–H groups in total. The van der Waals surface area contributed by atoms with Crippen molar-refractivity contribution in [3.63, 3.8) is 0 Å². The van der Waals surface area contributed by atoms with Crippen LogP contribution in [0.1, 0.15) is 12.8 Å². The molecule has 0 aliphatic rings. The van der Waals surface area contributed by atoms with Gasteiger partial charge < -0.3 is 10.8 Å². The molecule has 76 valence electrons. The van der Waals surface area contributed by atoms with E-state index in [1.54, 1.807) is 24.0 Å². The summed E-state index contributed by atoms with van der Waals surface area (Å²) in [6.07, 6.45) is 2.47. The van der Waals surface area contributed by atoms with Gasteiger partial charge in [0.1, 0.15) is 0 Å². The summed E-state index contributed by atoms with van der Waals surface area (Å²) in [4.78, 5) is 14.3. The van der Waals surface area contributed by atoms with Crippen LogP contribution in [0, 0.1) is 0 Å². The monoisotopic (exact) mass is 212 g/mol. The Bertz CT molecular complexity index is 300. The number of anilines is 1. The first-order valence-corrected chi connectivity index (χ1v) is 5.23. The summed E-state index contributed by atoms with van der Waals surface area (Å²) in [6.45, 7) is 0. The van der Waals surface area contributed by atoms with Gasteiger partial charge in [-0.15, -0.1) is 11.8 Å². The van der Waals surface area contributed by atoms with Gasteiger partial charge in [-0.2, -0.15) is 0 Å². The van der Waals surface area contributed by atoms with Gasteiger partial charge in [0.25, 0.3) is 0 Å². The molecule has 1 rings (SSSR count). The van der Waals surface area contributed by atoms with Crippen molar-refractivity contribution < 1.29 is 9.90 Å². The van der Waals surface area contributed by atoms with Crippen molar-refractivity contribution in [2.75, 3.05) is 11.5 Å². The molecular formula is C9H12N2O2S. The largest absolute Gasteiger partial charge is 0.481 e. The first kappa shape index (κ1) is 10.8. The molecule has 0 fully saturated rings. The minimum absolute atomic E-state index is 0.210. The van der Waals surface area contributed by atoms with Gasteiger partial charge in [0, 0.05) is 12.2 Å². The molecule has 14 heavy (non-hydrogen) atoms. The predicted molar refractivity (Wildman–Crippen MR) is 56.2 cm³/mol. The number of hydrogen-bond acceptors (Lipinski definition) is 4. The predicted octanol–water partition coefficient (Wildman–Crippen LogP) is 1.62. The molecule has 0 aliphatic carbocycles. The second kappa shape index (κ2) is 5.49. The zero-order chi connectivity index (χ0) is 10.4. The maximum absolute atomic E-state index is 10.2. The first-order valence-electron chi connectivity index (χ1n) is 4.24. The lowest BCUT2D eigenvalue weighted by Gasteiger charge is -1.99. The normalized spacial score (nSPS) is 10.0. The molecule has 4 nitrogen and oxygen atoms in total. The highest BCUT2D eigenvalue weighted by atomic mass is 32.2. The molecule has 0 amide bonds. The third kappa shape index (κ3) is 4.13. The number of hydrogen-bond donors (Lipinski definition) is 2. The zero-order valence-electron chi connectivity index (χ0n) is 7.64. The second-order valence-corrected chi connectivity index (χ2v) is 3.89. The van der Waals surface area contributed by atoms with Crippen LogP contribution in [0.5, 0.6) is 0 Å².